The second-order valence-electron chi connectivity index (χ2n) is 9.42. The topological polar surface area (TPSA) is 43.4 Å². The lowest BCUT2D eigenvalue weighted by Gasteiger charge is -2.57. The molecule has 3 saturated carbocycles. The van der Waals surface area contributed by atoms with Gasteiger partial charge in [0.1, 0.15) is 6.10 Å². The average Bonchev–Trinajstić information content (AvgIpc) is 2.92. The molecule has 3 fully saturated rings. The maximum Gasteiger partial charge on any atom is 0.305 e. The summed E-state index contributed by atoms with van der Waals surface area (Å²) in [6.07, 6.45) is 11.3. The molecule has 4 aliphatic carbocycles. The van der Waals surface area contributed by atoms with Crippen molar-refractivity contribution in [2.75, 3.05) is 0 Å². The Morgan fingerprint density at radius 3 is 2.68 bits per heavy atom. The van der Waals surface area contributed by atoms with Crippen molar-refractivity contribution >= 4 is 11.8 Å². The van der Waals surface area contributed by atoms with E-state index >= 15 is 0 Å². The van der Waals surface area contributed by atoms with Gasteiger partial charge < -0.3 is 4.74 Å². The molecule has 0 heterocycles. The van der Waals surface area contributed by atoms with E-state index in [1.807, 2.05) is 13.0 Å². The van der Waals surface area contributed by atoms with Gasteiger partial charge in [-0.05, 0) is 74.2 Å². The molecule has 0 saturated heterocycles. The summed E-state index contributed by atoms with van der Waals surface area (Å²) in [5, 5.41) is 0. The molecule has 0 amide bonds. The van der Waals surface area contributed by atoms with Crippen molar-refractivity contribution < 1.29 is 14.3 Å². The summed E-state index contributed by atoms with van der Waals surface area (Å²) < 4.78 is 5.86. The van der Waals surface area contributed by atoms with Crippen LogP contribution in [0.1, 0.15) is 78.6 Å². The van der Waals surface area contributed by atoms with Crippen LogP contribution in [0.2, 0.25) is 0 Å². The normalized spacial score (nSPS) is 45.9. The molecule has 0 aromatic carbocycles. The largest absolute Gasteiger partial charge is 0.462 e. The number of hydrogen-bond acceptors (Lipinski definition) is 3. The second kappa shape index (κ2) is 5.96. The van der Waals surface area contributed by atoms with Crippen LogP contribution in [0.15, 0.2) is 11.6 Å². The number of carbonyl (C=O) groups is 2. The van der Waals surface area contributed by atoms with Crippen LogP contribution in [0.5, 0.6) is 0 Å². The van der Waals surface area contributed by atoms with Gasteiger partial charge in [0.05, 0.1) is 0 Å². The van der Waals surface area contributed by atoms with Crippen LogP contribution in [0.3, 0.4) is 0 Å². The molecule has 0 unspecified atom stereocenters. The first-order chi connectivity index (χ1) is 11.9. The highest BCUT2D eigenvalue weighted by molar-refractivity contribution is 5.91. The molecule has 4 aliphatic rings. The summed E-state index contributed by atoms with van der Waals surface area (Å²) in [5.74, 6) is 2.41. The Bertz CT molecular complexity index is 621. The average molecular weight is 344 g/mol. The zero-order valence-corrected chi connectivity index (χ0v) is 16.0. The van der Waals surface area contributed by atoms with Gasteiger partial charge in [0.15, 0.2) is 5.78 Å². The number of fused-ring (bicyclic) bond motifs is 5. The predicted molar refractivity (Wildman–Crippen MR) is 96.9 cm³/mol. The van der Waals surface area contributed by atoms with Crippen LogP contribution in [-0.2, 0) is 14.3 Å². The standard InChI is InChI=1S/C22H32O3/c1-4-20(24)25-19-8-7-17-16-6-5-14-13-15(23)9-11-21(14,2)18(16)10-12-22(17,19)3/h13,16-19H,4-12H2,1-3H3/t16-,17+,18-,19+,21-,22+/m0/s1. The zero-order valence-electron chi connectivity index (χ0n) is 16.0. The highest BCUT2D eigenvalue weighted by Gasteiger charge is 2.59. The summed E-state index contributed by atoms with van der Waals surface area (Å²) in [4.78, 5) is 23.8. The van der Waals surface area contributed by atoms with E-state index < -0.39 is 0 Å². The lowest BCUT2D eigenvalue weighted by Crippen LogP contribution is -2.51. The maximum atomic E-state index is 11.9. The number of ether oxygens (including phenoxy) is 1. The molecule has 3 nitrogen and oxygen atoms in total. The van der Waals surface area contributed by atoms with E-state index in [9.17, 15) is 9.59 Å². The molecular formula is C22H32O3. The fraction of sp³-hybridized carbons (Fsp3) is 0.818. The van der Waals surface area contributed by atoms with Gasteiger partial charge in [0.2, 0.25) is 0 Å². The molecule has 138 valence electrons. The molecule has 25 heavy (non-hydrogen) atoms. The molecular weight excluding hydrogens is 312 g/mol. The summed E-state index contributed by atoms with van der Waals surface area (Å²) >= 11 is 0. The van der Waals surface area contributed by atoms with Crippen molar-refractivity contribution in [3.8, 4) is 0 Å². The first-order valence-corrected chi connectivity index (χ1v) is 10.3. The summed E-state index contributed by atoms with van der Waals surface area (Å²) in [6.45, 7) is 6.69. The Morgan fingerprint density at radius 1 is 1.12 bits per heavy atom. The first-order valence-electron chi connectivity index (χ1n) is 10.3. The highest BCUT2D eigenvalue weighted by Crippen LogP contribution is 2.65. The first kappa shape index (κ1) is 17.3. The fourth-order valence-corrected chi connectivity index (χ4v) is 6.95. The fourth-order valence-electron chi connectivity index (χ4n) is 6.95. The highest BCUT2D eigenvalue weighted by atomic mass is 16.5. The lowest BCUT2D eigenvalue weighted by atomic mass is 9.47. The third-order valence-corrected chi connectivity index (χ3v) is 8.44. The smallest absolute Gasteiger partial charge is 0.305 e. The minimum atomic E-state index is -0.0411. The molecule has 6 atom stereocenters. The van der Waals surface area contributed by atoms with E-state index in [0.717, 1.165) is 38.0 Å². The Morgan fingerprint density at radius 2 is 1.92 bits per heavy atom. The second-order valence-corrected chi connectivity index (χ2v) is 9.42. The van der Waals surface area contributed by atoms with Gasteiger partial charge in [-0.3, -0.25) is 9.59 Å². The molecule has 3 heteroatoms. The van der Waals surface area contributed by atoms with E-state index in [-0.39, 0.29) is 22.9 Å². The van der Waals surface area contributed by atoms with Crippen LogP contribution in [0.4, 0.5) is 0 Å². The Hall–Kier alpha value is -1.12. The van der Waals surface area contributed by atoms with Crippen LogP contribution >= 0.6 is 0 Å². The van der Waals surface area contributed by atoms with Gasteiger partial charge >= 0.3 is 5.97 Å². The van der Waals surface area contributed by atoms with E-state index in [4.69, 9.17) is 4.74 Å². The van der Waals surface area contributed by atoms with E-state index in [2.05, 4.69) is 13.8 Å². The van der Waals surface area contributed by atoms with Gasteiger partial charge in [0.25, 0.3) is 0 Å². The monoisotopic (exact) mass is 344 g/mol. The van der Waals surface area contributed by atoms with E-state index in [0.29, 0.717) is 24.0 Å². The summed E-state index contributed by atoms with van der Waals surface area (Å²) in [5.41, 5.74) is 1.82. The molecule has 0 N–H and O–H groups in total. The quantitative estimate of drug-likeness (QED) is 0.673. The van der Waals surface area contributed by atoms with Crippen LogP contribution in [0.25, 0.3) is 0 Å². The van der Waals surface area contributed by atoms with Gasteiger partial charge in [-0.15, -0.1) is 0 Å². The minimum Gasteiger partial charge on any atom is -0.462 e. The minimum absolute atomic E-state index is 0.0411. The molecule has 0 aliphatic heterocycles. The van der Waals surface area contributed by atoms with Crippen molar-refractivity contribution in [3.63, 3.8) is 0 Å². The lowest BCUT2D eigenvalue weighted by molar-refractivity contribution is -0.159. The Kier molecular flexibility index (Phi) is 4.12. The van der Waals surface area contributed by atoms with Crippen molar-refractivity contribution in [1.29, 1.82) is 0 Å². The zero-order chi connectivity index (χ0) is 17.8. The summed E-state index contributed by atoms with van der Waals surface area (Å²) in [7, 11) is 0. The van der Waals surface area contributed by atoms with Gasteiger partial charge in [-0.2, -0.15) is 0 Å². The number of hydrogen-bond donors (Lipinski definition) is 0. The number of esters is 1. The van der Waals surface area contributed by atoms with Crippen molar-refractivity contribution in [1.82, 2.24) is 0 Å². The molecule has 0 radical (unpaired) electrons. The van der Waals surface area contributed by atoms with Gasteiger partial charge in [0, 0.05) is 18.3 Å². The Labute approximate surface area is 151 Å². The van der Waals surface area contributed by atoms with Crippen LogP contribution < -0.4 is 0 Å². The molecule has 0 aromatic rings. The predicted octanol–water partition coefficient (Wildman–Crippen LogP) is 4.84. The van der Waals surface area contributed by atoms with E-state index in [1.165, 1.54) is 24.8 Å². The van der Waals surface area contributed by atoms with Crippen LogP contribution in [-0.4, -0.2) is 17.9 Å². The van der Waals surface area contributed by atoms with Crippen molar-refractivity contribution in [3.05, 3.63) is 11.6 Å². The van der Waals surface area contributed by atoms with Crippen molar-refractivity contribution in [2.45, 2.75) is 84.7 Å². The number of carbonyl (C=O) groups excluding carboxylic acids is 2. The van der Waals surface area contributed by atoms with Crippen LogP contribution in [0, 0.1) is 28.6 Å². The molecule has 4 rings (SSSR count). The molecule has 0 spiro atoms. The third kappa shape index (κ3) is 2.52. The Balaban J connectivity index is 1.59. The third-order valence-electron chi connectivity index (χ3n) is 8.44. The molecule has 0 bridgehead atoms. The van der Waals surface area contributed by atoms with Gasteiger partial charge in [-0.25, -0.2) is 0 Å². The molecule has 0 aromatic heterocycles. The van der Waals surface area contributed by atoms with E-state index in [1.54, 1.807) is 0 Å². The number of ketones is 1. The SMILES string of the molecule is CCC(=O)O[C@@H]1CC[C@@H]2[C@@H]3CCC4=CC(=O)CC[C@]4(C)[C@H]3CC[C@]21C. The number of allylic oxidation sites excluding steroid dienone is 1. The van der Waals surface area contributed by atoms with Gasteiger partial charge in [-0.1, -0.05) is 26.3 Å². The van der Waals surface area contributed by atoms with Crippen molar-refractivity contribution in [2.24, 2.45) is 28.6 Å². The summed E-state index contributed by atoms with van der Waals surface area (Å²) in [6, 6.07) is 0. The maximum absolute atomic E-state index is 11.9. The number of rotatable bonds is 2.